The number of nitrogens with two attached hydrogens (primary N) is 1. The normalized spacial score (nSPS) is 12.2. The summed E-state index contributed by atoms with van der Waals surface area (Å²) >= 11 is 2.46. The predicted molar refractivity (Wildman–Crippen MR) is 90.8 cm³/mol. The fourth-order valence-corrected chi connectivity index (χ4v) is 3.47. The summed E-state index contributed by atoms with van der Waals surface area (Å²) in [6.07, 6.45) is 0. The molecule has 0 aliphatic carbocycles. The van der Waals surface area contributed by atoms with Crippen molar-refractivity contribution in [3.63, 3.8) is 0 Å². The Morgan fingerprint density at radius 3 is 2.87 bits per heavy atom. The first-order valence-corrected chi connectivity index (χ1v) is 8.51. The number of rotatable bonds is 5. The number of primary amides is 1. The molecule has 2 aromatic heterocycles. The van der Waals surface area contributed by atoms with E-state index in [0.717, 1.165) is 5.52 Å². The van der Waals surface area contributed by atoms with Crippen LogP contribution in [0, 0.1) is 0 Å². The van der Waals surface area contributed by atoms with Crippen molar-refractivity contribution in [2.24, 2.45) is 5.73 Å². The average molecular weight is 347 g/mol. The molecular weight excluding hydrogens is 334 g/mol. The summed E-state index contributed by atoms with van der Waals surface area (Å²) in [5, 5.41) is 4.86. The maximum absolute atomic E-state index is 12.3. The van der Waals surface area contributed by atoms with Crippen LogP contribution in [-0.2, 0) is 4.79 Å². The highest BCUT2D eigenvalue weighted by atomic mass is 32.2. The van der Waals surface area contributed by atoms with Crippen molar-refractivity contribution in [3.05, 3.63) is 41.3 Å². The van der Waals surface area contributed by atoms with Gasteiger partial charge in [-0.15, -0.1) is 11.3 Å². The second-order valence-electron chi connectivity index (χ2n) is 4.72. The molecule has 3 aromatic rings. The second-order valence-corrected chi connectivity index (χ2v) is 6.93. The number of amides is 2. The summed E-state index contributed by atoms with van der Waals surface area (Å²) in [6.45, 7) is 1.74. The van der Waals surface area contributed by atoms with Gasteiger partial charge in [0.05, 0.1) is 10.8 Å². The number of hydrogen-bond acceptors (Lipinski definition) is 6. The number of nitrogens with one attached hydrogen (secondary N) is 1. The number of hydrogen-bond donors (Lipinski definition) is 2. The number of thiophene rings is 1. The van der Waals surface area contributed by atoms with Crippen LogP contribution in [0.5, 0.6) is 0 Å². The fraction of sp³-hybridized carbons (Fsp3) is 0.133. The Balaban J connectivity index is 1.69. The molecule has 1 aromatic carbocycles. The lowest BCUT2D eigenvalue weighted by Gasteiger charge is -2.09. The van der Waals surface area contributed by atoms with Crippen molar-refractivity contribution in [3.8, 4) is 0 Å². The van der Waals surface area contributed by atoms with Crippen molar-refractivity contribution >= 4 is 51.0 Å². The zero-order valence-electron chi connectivity index (χ0n) is 12.1. The topological polar surface area (TPSA) is 98.2 Å². The number of fused-ring (bicyclic) bond motifs is 1. The van der Waals surface area contributed by atoms with E-state index in [9.17, 15) is 9.59 Å². The van der Waals surface area contributed by atoms with Crippen LogP contribution >= 0.6 is 23.1 Å². The van der Waals surface area contributed by atoms with Crippen LogP contribution in [0.2, 0.25) is 0 Å². The molecule has 23 heavy (non-hydrogen) atoms. The number of carbonyl (C=O) groups is 2. The molecule has 0 saturated carbocycles. The van der Waals surface area contributed by atoms with Crippen molar-refractivity contribution in [2.75, 3.05) is 5.32 Å². The molecule has 1 atom stereocenters. The van der Waals surface area contributed by atoms with Gasteiger partial charge in [-0.25, -0.2) is 4.98 Å². The highest BCUT2D eigenvalue weighted by molar-refractivity contribution is 8.00. The fourth-order valence-electron chi connectivity index (χ4n) is 1.92. The summed E-state index contributed by atoms with van der Waals surface area (Å²) in [6, 6.07) is 8.99. The zero-order valence-corrected chi connectivity index (χ0v) is 13.7. The Labute approximate surface area is 140 Å². The summed E-state index contributed by atoms with van der Waals surface area (Å²) in [7, 11) is 0. The Kier molecular flexibility index (Phi) is 4.35. The number of carbonyl (C=O) groups excluding carboxylic acids is 2. The van der Waals surface area contributed by atoms with Crippen molar-refractivity contribution in [1.29, 1.82) is 0 Å². The van der Waals surface area contributed by atoms with Crippen LogP contribution in [0.1, 0.15) is 17.3 Å². The lowest BCUT2D eigenvalue weighted by atomic mass is 10.3. The van der Waals surface area contributed by atoms with Gasteiger partial charge in [-0.3, -0.25) is 9.59 Å². The number of anilines is 1. The molecule has 0 fully saturated rings. The lowest BCUT2D eigenvalue weighted by Crippen LogP contribution is -2.23. The predicted octanol–water partition coefficient (Wildman–Crippen LogP) is 3.11. The van der Waals surface area contributed by atoms with Crippen molar-refractivity contribution in [1.82, 2.24) is 4.98 Å². The Hall–Kier alpha value is -2.32. The van der Waals surface area contributed by atoms with E-state index in [-0.39, 0.29) is 5.91 Å². The van der Waals surface area contributed by atoms with Crippen LogP contribution in [0.3, 0.4) is 0 Å². The minimum atomic E-state index is -0.569. The number of para-hydroxylation sites is 2. The van der Waals surface area contributed by atoms with Gasteiger partial charge < -0.3 is 15.5 Å². The molecule has 3 rings (SSSR count). The van der Waals surface area contributed by atoms with E-state index in [4.69, 9.17) is 10.2 Å². The molecule has 0 unspecified atom stereocenters. The standard InChI is InChI=1S/C15H13N3O3S2/c1-8(13(20)18-14-9(12(16)19)6-7-22-14)23-15-17-10-4-2-3-5-11(10)21-15/h2-8H,1H3,(H2,16,19)(H,18,20)/t8-/m0/s1. The van der Waals surface area contributed by atoms with E-state index in [1.54, 1.807) is 18.4 Å². The highest BCUT2D eigenvalue weighted by Crippen LogP contribution is 2.28. The Bertz CT molecular complexity index is 839. The van der Waals surface area contributed by atoms with E-state index in [0.29, 0.717) is 21.4 Å². The SMILES string of the molecule is C[C@H](Sc1nc2ccccc2o1)C(=O)Nc1sccc1C(N)=O. The van der Waals surface area contributed by atoms with Crippen LogP contribution in [0.4, 0.5) is 5.00 Å². The third-order valence-corrected chi connectivity index (χ3v) is 4.86. The van der Waals surface area contributed by atoms with Crippen molar-refractivity contribution in [2.45, 2.75) is 17.4 Å². The Morgan fingerprint density at radius 1 is 1.35 bits per heavy atom. The molecule has 2 amide bonds. The van der Waals surface area contributed by atoms with Gasteiger partial charge >= 0.3 is 0 Å². The molecule has 2 heterocycles. The summed E-state index contributed by atoms with van der Waals surface area (Å²) < 4.78 is 5.59. The molecule has 0 aliphatic rings. The van der Waals surface area contributed by atoms with E-state index < -0.39 is 11.2 Å². The van der Waals surface area contributed by atoms with E-state index in [2.05, 4.69) is 10.3 Å². The number of aromatic nitrogens is 1. The maximum atomic E-state index is 12.3. The first kappa shape index (κ1) is 15.6. The number of oxazole rings is 1. The molecular formula is C15H13N3O3S2. The van der Waals surface area contributed by atoms with Crippen LogP contribution in [-0.4, -0.2) is 22.0 Å². The van der Waals surface area contributed by atoms with Gasteiger partial charge in [-0.2, -0.15) is 0 Å². The molecule has 0 bridgehead atoms. The van der Waals surface area contributed by atoms with Gasteiger partial charge in [-0.05, 0) is 30.5 Å². The average Bonchev–Trinajstić information content (AvgIpc) is 3.12. The number of benzene rings is 1. The zero-order chi connectivity index (χ0) is 16.4. The molecule has 6 nitrogen and oxygen atoms in total. The minimum Gasteiger partial charge on any atom is -0.431 e. The molecule has 0 spiro atoms. The smallest absolute Gasteiger partial charge is 0.257 e. The molecule has 0 saturated heterocycles. The van der Waals surface area contributed by atoms with Gasteiger partial charge in [0.15, 0.2) is 5.58 Å². The first-order valence-electron chi connectivity index (χ1n) is 6.75. The van der Waals surface area contributed by atoms with E-state index >= 15 is 0 Å². The Morgan fingerprint density at radius 2 is 2.13 bits per heavy atom. The third-order valence-electron chi connectivity index (χ3n) is 3.09. The molecule has 3 N–H and O–H groups in total. The first-order chi connectivity index (χ1) is 11.0. The van der Waals surface area contributed by atoms with Crippen molar-refractivity contribution < 1.29 is 14.0 Å². The monoisotopic (exact) mass is 347 g/mol. The maximum Gasteiger partial charge on any atom is 0.257 e. The van der Waals surface area contributed by atoms with Gasteiger partial charge in [0, 0.05) is 0 Å². The van der Waals surface area contributed by atoms with Gasteiger partial charge in [-0.1, -0.05) is 23.9 Å². The largest absolute Gasteiger partial charge is 0.431 e. The van der Waals surface area contributed by atoms with Crippen LogP contribution < -0.4 is 11.1 Å². The minimum absolute atomic E-state index is 0.248. The second kappa shape index (κ2) is 6.43. The van der Waals surface area contributed by atoms with Gasteiger partial charge in [0.1, 0.15) is 10.5 Å². The van der Waals surface area contributed by atoms with Crippen LogP contribution in [0.15, 0.2) is 45.4 Å². The quantitative estimate of drug-likeness (QED) is 0.691. The lowest BCUT2D eigenvalue weighted by molar-refractivity contribution is -0.115. The number of thioether (sulfide) groups is 1. The van der Waals surface area contributed by atoms with E-state index in [1.807, 2.05) is 24.3 Å². The molecule has 8 heteroatoms. The third kappa shape index (κ3) is 3.38. The summed E-state index contributed by atoms with van der Waals surface area (Å²) in [4.78, 5) is 27.9. The van der Waals surface area contributed by atoms with Gasteiger partial charge in [0.2, 0.25) is 5.91 Å². The highest BCUT2D eigenvalue weighted by Gasteiger charge is 2.20. The number of nitrogens with zero attached hydrogens (tertiary/aromatic N) is 1. The van der Waals surface area contributed by atoms with E-state index in [1.165, 1.54) is 23.1 Å². The molecule has 118 valence electrons. The summed E-state index contributed by atoms with van der Waals surface area (Å²) in [5.74, 6) is -0.817. The van der Waals surface area contributed by atoms with Crippen LogP contribution in [0.25, 0.3) is 11.1 Å². The summed E-state index contributed by atoms with van der Waals surface area (Å²) in [5.41, 5.74) is 7.00. The van der Waals surface area contributed by atoms with Gasteiger partial charge in [0.25, 0.3) is 11.1 Å². The molecule has 0 radical (unpaired) electrons. The molecule has 0 aliphatic heterocycles.